The Morgan fingerprint density at radius 1 is 0.952 bits per heavy atom. The molecule has 0 unspecified atom stereocenters. The van der Waals surface area contributed by atoms with Gasteiger partial charge in [0.1, 0.15) is 0 Å². The van der Waals surface area contributed by atoms with E-state index in [1.54, 1.807) is 37.4 Å². The highest BCUT2D eigenvalue weighted by Crippen LogP contribution is 2.11. The van der Waals surface area contributed by atoms with Crippen LogP contribution >= 0.6 is 0 Å². The van der Waals surface area contributed by atoms with Gasteiger partial charge in [0.05, 0.1) is 5.56 Å². The summed E-state index contributed by atoms with van der Waals surface area (Å²) >= 11 is 0. The van der Waals surface area contributed by atoms with Gasteiger partial charge < -0.3 is 10.4 Å². The molecular weight excluding hydrogens is 266 g/mol. The summed E-state index contributed by atoms with van der Waals surface area (Å²) in [5, 5.41) is 11.5. The first kappa shape index (κ1) is 14.5. The number of carbonyl (C=O) groups excluding carboxylic acids is 1. The number of carboxylic acids is 1. The predicted molar refractivity (Wildman–Crippen MR) is 82.2 cm³/mol. The van der Waals surface area contributed by atoms with Gasteiger partial charge >= 0.3 is 5.97 Å². The van der Waals surface area contributed by atoms with Gasteiger partial charge in [-0.3, -0.25) is 4.79 Å². The lowest BCUT2D eigenvalue weighted by molar-refractivity contribution is 0.0696. The lowest BCUT2D eigenvalue weighted by Crippen LogP contribution is -2.17. The van der Waals surface area contributed by atoms with E-state index in [0.29, 0.717) is 5.56 Å². The molecular formula is C17H15NO3. The molecule has 0 bridgehead atoms. The quantitative estimate of drug-likeness (QED) is 0.847. The summed E-state index contributed by atoms with van der Waals surface area (Å²) < 4.78 is 0. The van der Waals surface area contributed by atoms with Crippen LogP contribution < -0.4 is 5.32 Å². The van der Waals surface area contributed by atoms with Gasteiger partial charge in [0.2, 0.25) is 0 Å². The Kier molecular flexibility index (Phi) is 4.51. The van der Waals surface area contributed by atoms with Crippen molar-refractivity contribution in [3.63, 3.8) is 0 Å². The molecule has 0 aliphatic rings. The SMILES string of the molecule is CNC(=O)c1ccc(/C=C/c2cccc(C(=O)O)c2)cc1. The standard InChI is InChI=1S/C17H15NO3/c1-18-16(19)14-9-7-12(8-10-14)5-6-13-3-2-4-15(11-13)17(20)21/h2-11H,1H3,(H,18,19)(H,20,21)/b6-5+. The highest BCUT2D eigenvalue weighted by Gasteiger charge is 2.02. The molecule has 2 N–H and O–H groups in total. The van der Waals surface area contributed by atoms with E-state index < -0.39 is 5.97 Å². The number of aromatic carboxylic acids is 1. The summed E-state index contributed by atoms with van der Waals surface area (Å²) in [6.45, 7) is 0. The van der Waals surface area contributed by atoms with Gasteiger partial charge in [-0.2, -0.15) is 0 Å². The van der Waals surface area contributed by atoms with Crippen molar-refractivity contribution in [2.24, 2.45) is 0 Å². The monoisotopic (exact) mass is 281 g/mol. The Hall–Kier alpha value is -2.88. The Bertz CT molecular complexity index is 687. The Morgan fingerprint density at radius 3 is 2.24 bits per heavy atom. The van der Waals surface area contributed by atoms with E-state index in [9.17, 15) is 9.59 Å². The third kappa shape index (κ3) is 3.79. The second-order valence-electron chi connectivity index (χ2n) is 4.47. The molecule has 0 aliphatic heterocycles. The first-order valence-electron chi connectivity index (χ1n) is 6.44. The Labute approximate surface area is 122 Å². The van der Waals surface area contributed by atoms with Crippen LogP contribution in [-0.2, 0) is 0 Å². The first-order valence-corrected chi connectivity index (χ1v) is 6.44. The maximum absolute atomic E-state index is 11.4. The summed E-state index contributed by atoms with van der Waals surface area (Å²) in [7, 11) is 1.59. The first-order chi connectivity index (χ1) is 10.1. The molecule has 0 radical (unpaired) electrons. The molecule has 0 spiro atoms. The third-order valence-corrected chi connectivity index (χ3v) is 3.00. The minimum absolute atomic E-state index is 0.125. The molecule has 0 heterocycles. The van der Waals surface area contributed by atoms with Crippen molar-refractivity contribution < 1.29 is 14.7 Å². The van der Waals surface area contributed by atoms with Crippen LogP contribution in [0.1, 0.15) is 31.8 Å². The predicted octanol–water partition coefficient (Wildman–Crippen LogP) is 2.91. The zero-order valence-corrected chi connectivity index (χ0v) is 11.5. The van der Waals surface area contributed by atoms with Crippen LogP contribution in [0.15, 0.2) is 48.5 Å². The van der Waals surface area contributed by atoms with Gasteiger partial charge in [0.15, 0.2) is 0 Å². The molecule has 4 nitrogen and oxygen atoms in total. The van der Waals surface area contributed by atoms with Crippen molar-refractivity contribution >= 4 is 24.0 Å². The highest BCUT2D eigenvalue weighted by molar-refractivity contribution is 5.94. The molecule has 0 saturated carbocycles. The molecule has 2 aromatic rings. The topological polar surface area (TPSA) is 66.4 Å². The van der Waals surface area contributed by atoms with Crippen molar-refractivity contribution in [2.75, 3.05) is 7.05 Å². The van der Waals surface area contributed by atoms with Crippen molar-refractivity contribution in [3.8, 4) is 0 Å². The van der Waals surface area contributed by atoms with Crippen LogP contribution in [0.4, 0.5) is 0 Å². The molecule has 1 amide bonds. The van der Waals surface area contributed by atoms with Gasteiger partial charge in [-0.25, -0.2) is 4.79 Å². The second-order valence-corrected chi connectivity index (χ2v) is 4.47. The fraction of sp³-hybridized carbons (Fsp3) is 0.0588. The van der Waals surface area contributed by atoms with Crippen molar-refractivity contribution in [1.82, 2.24) is 5.32 Å². The zero-order valence-electron chi connectivity index (χ0n) is 11.5. The van der Waals surface area contributed by atoms with E-state index in [1.807, 2.05) is 30.4 Å². The van der Waals surface area contributed by atoms with Crippen molar-refractivity contribution in [2.45, 2.75) is 0 Å². The number of carbonyl (C=O) groups is 2. The normalized spacial score (nSPS) is 10.5. The Balaban J connectivity index is 2.16. The lowest BCUT2D eigenvalue weighted by Gasteiger charge is -2.00. The summed E-state index contributed by atoms with van der Waals surface area (Å²) in [5.41, 5.74) is 2.60. The van der Waals surface area contributed by atoms with E-state index in [2.05, 4.69) is 5.32 Å². The molecule has 0 atom stereocenters. The Morgan fingerprint density at radius 2 is 1.62 bits per heavy atom. The van der Waals surface area contributed by atoms with Gasteiger partial charge in [-0.05, 0) is 35.4 Å². The lowest BCUT2D eigenvalue weighted by atomic mass is 10.1. The van der Waals surface area contributed by atoms with E-state index in [-0.39, 0.29) is 11.5 Å². The number of hydrogen-bond donors (Lipinski definition) is 2. The number of rotatable bonds is 4. The fourth-order valence-corrected chi connectivity index (χ4v) is 1.86. The summed E-state index contributed by atoms with van der Waals surface area (Å²) in [4.78, 5) is 22.3. The van der Waals surface area contributed by atoms with Crippen LogP contribution in [0, 0.1) is 0 Å². The van der Waals surface area contributed by atoms with Crippen LogP contribution in [0.3, 0.4) is 0 Å². The maximum Gasteiger partial charge on any atom is 0.335 e. The third-order valence-electron chi connectivity index (χ3n) is 3.00. The second kappa shape index (κ2) is 6.52. The molecule has 0 aromatic heterocycles. The minimum atomic E-state index is -0.944. The summed E-state index contributed by atoms with van der Waals surface area (Å²) in [6.07, 6.45) is 3.70. The number of nitrogens with one attached hydrogen (secondary N) is 1. The van der Waals surface area contributed by atoms with E-state index in [0.717, 1.165) is 11.1 Å². The average Bonchev–Trinajstić information content (AvgIpc) is 2.53. The van der Waals surface area contributed by atoms with Gasteiger partial charge in [-0.1, -0.05) is 36.4 Å². The fourth-order valence-electron chi connectivity index (χ4n) is 1.86. The van der Waals surface area contributed by atoms with Crippen LogP contribution in [0.5, 0.6) is 0 Å². The van der Waals surface area contributed by atoms with Crippen molar-refractivity contribution in [1.29, 1.82) is 0 Å². The molecule has 21 heavy (non-hydrogen) atoms. The number of hydrogen-bond acceptors (Lipinski definition) is 2. The molecule has 0 saturated heterocycles. The van der Waals surface area contributed by atoms with Crippen LogP contribution in [-0.4, -0.2) is 24.0 Å². The zero-order chi connectivity index (χ0) is 15.2. The molecule has 0 aliphatic carbocycles. The molecule has 2 rings (SSSR count). The van der Waals surface area contributed by atoms with Gasteiger partial charge in [-0.15, -0.1) is 0 Å². The molecule has 4 heteroatoms. The number of amides is 1. The average molecular weight is 281 g/mol. The minimum Gasteiger partial charge on any atom is -0.478 e. The van der Waals surface area contributed by atoms with E-state index in [4.69, 9.17) is 5.11 Å². The number of benzene rings is 2. The molecule has 2 aromatic carbocycles. The van der Waals surface area contributed by atoms with Gasteiger partial charge in [0.25, 0.3) is 5.91 Å². The number of carboxylic acid groups (broad SMARTS) is 1. The van der Waals surface area contributed by atoms with E-state index >= 15 is 0 Å². The smallest absolute Gasteiger partial charge is 0.335 e. The summed E-state index contributed by atoms with van der Waals surface area (Å²) in [6, 6.07) is 13.9. The highest BCUT2D eigenvalue weighted by atomic mass is 16.4. The van der Waals surface area contributed by atoms with E-state index in [1.165, 1.54) is 0 Å². The maximum atomic E-state index is 11.4. The van der Waals surface area contributed by atoms with Crippen LogP contribution in [0.25, 0.3) is 12.2 Å². The molecule has 0 fully saturated rings. The van der Waals surface area contributed by atoms with Gasteiger partial charge in [0, 0.05) is 12.6 Å². The molecule has 106 valence electrons. The summed E-state index contributed by atoms with van der Waals surface area (Å²) in [5.74, 6) is -1.07. The van der Waals surface area contributed by atoms with Crippen molar-refractivity contribution in [3.05, 3.63) is 70.8 Å². The largest absolute Gasteiger partial charge is 0.478 e. The van der Waals surface area contributed by atoms with Crippen LogP contribution in [0.2, 0.25) is 0 Å².